The first kappa shape index (κ1) is 12.2. The summed E-state index contributed by atoms with van der Waals surface area (Å²) in [6, 6.07) is 18.4. The molecule has 0 unspecified atom stereocenters. The third kappa shape index (κ3) is 2.11. The molecule has 2 atom stereocenters. The van der Waals surface area contributed by atoms with E-state index in [-0.39, 0.29) is 5.92 Å². The van der Waals surface area contributed by atoms with Gasteiger partial charge in [0.25, 0.3) is 0 Å². The van der Waals surface area contributed by atoms with Crippen molar-refractivity contribution in [2.24, 2.45) is 0 Å². The molecule has 0 spiro atoms. The average Bonchev–Trinajstić information content (AvgIpc) is 2.49. The maximum Gasteiger partial charge on any atom is 0.0899 e. The van der Waals surface area contributed by atoms with E-state index < -0.39 is 6.10 Å². The molecule has 0 aromatic heterocycles. The number of hydrogen-bond donors (Lipinski definition) is 1. The molecule has 1 nitrogen and oxygen atoms in total. The highest BCUT2D eigenvalue weighted by Gasteiger charge is 2.28. The molecule has 0 amide bonds. The van der Waals surface area contributed by atoms with Gasteiger partial charge in [0.2, 0.25) is 0 Å². The summed E-state index contributed by atoms with van der Waals surface area (Å²) < 4.78 is 0. The zero-order valence-electron chi connectivity index (χ0n) is 11.1. The summed E-state index contributed by atoms with van der Waals surface area (Å²) in [7, 11) is 0. The van der Waals surface area contributed by atoms with Crippen LogP contribution in [0.15, 0.2) is 60.7 Å². The fourth-order valence-corrected chi connectivity index (χ4v) is 2.90. The number of aliphatic hydroxyl groups excluding tert-OH is 1. The average molecular weight is 250 g/mol. The SMILES string of the molecule is CCC1=C[C@H](c2ccccc2)[C@H](O)c2ccccc21. The Hall–Kier alpha value is -1.86. The Balaban J connectivity index is 2.11. The summed E-state index contributed by atoms with van der Waals surface area (Å²) in [5, 5.41) is 10.6. The van der Waals surface area contributed by atoms with E-state index in [1.54, 1.807) is 0 Å². The van der Waals surface area contributed by atoms with Crippen molar-refractivity contribution in [3.8, 4) is 0 Å². The summed E-state index contributed by atoms with van der Waals surface area (Å²) in [6.45, 7) is 2.17. The van der Waals surface area contributed by atoms with Gasteiger partial charge in [0.05, 0.1) is 6.10 Å². The minimum Gasteiger partial charge on any atom is -0.387 e. The van der Waals surface area contributed by atoms with E-state index in [1.807, 2.05) is 36.4 Å². The summed E-state index contributed by atoms with van der Waals surface area (Å²) >= 11 is 0. The molecule has 2 aromatic carbocycles. The van der Waals surface area contributed by atoms with E-state index in [0.29, 0.717) is 0 Å². The van der Waals surface area contributed by atoms with Gasteiger partial charge in [-0.2, -0.15) is 0 Å². The van der Waals surface area contributed by atoms with Gasteiger partial charge in [-0.15, -0.1) is 0 Å². The summed E-state index contributed by atoms with van der Waals surface area (Å²) in [4.78, 5) is 0. The lowest BCUT2D eigenvalue weighted by atomic mass is 9.78. The summed E-state index contributed by atoms with van der Waals surface area (Å²) in [5.74, 6) is 0.0612. The Morgan fingerprint density at radius 1 is 0.947 bits per heavy atom. The molecule has 3 rings (SSSR count). The van der Waals surface area contributed by atoms with Crippen molar-refractivity contribution >= 4 is 5.57 Å². The predicted octanol–water partition coefficient (Wildman–Crippen LogP) is 4.31. The molecule has 96 valence electrons. The number of rotatable bonds is 2. The van der Waals surface area contributed by atoms with Gasteiger partial charge < -0.3 is 5.11 Å². The second-order valence-electron chi connectivity index (χ2n) is 5.01. The molecule has 0 radical (unpaired) electrons. The Labute approximate surface area is 114 Å². The zero-order valence-corrected chi connectivity index (χ0v) is 11.1. The van der Waals surface area contributed by atoms with E-state index in [9.17, 15) is 5.11 Å². The van der Waals surface area contributed by atoms with E-state index in [4.69, 9.17) is 0 Å². The van der Waals surface area contributed by atoms with Gasteiger partial charge >= 0.3 is 0 Å². The maximum absolute atomic E-state index is 10.6. The van der Waals surface area contributed by atoms with Gasteiger partial charge in [0.1, 0.15) is 0 Å². The predicted molar refractivity (Wildman–Crippen MR) is 78.9 cm³/mol. The lowest BCUT2D eigenvalue weighted by molar-refractivity contribution is 0.160. The third-order valence-corrected chi connectivity index (χ3v) is 3.91. The summed E-state index contributed by atoms with van der Waals surface area (Å²) in [6.07, 6.45) is 2.77. The Bertz CT molecular complexity index is 598. The van der Waals surface area contributed by atoms with Gasteiger partial charge in [-0.1, -0.05) is 67.6 Å². The quantitative estimate of drug-likeness (QED) is 0.842. The molecular formula is C18H18O. The van der Waals surface area contributed by atoms with Crippen LogP contribution in [0.2, 0.25) is 0 Å². The molecule has 1 aliphatic carbocycles. The third-order valence-electron chi connectivity index (χ3n) is 3.91. The Morgan fingerprint density at radius 3 is 2.37 bits per heavy atom. The molecule has 0 saturated heterocycles. The smallest absolute Gasteiger partial charge is 0.0899 e. The van der Waals surface area contributed by atoms with Gasteiger partial charge in [-0.25, -0.2) is 0 Å². The molecule has 0 fully saturated rings. The molecule has 1 heteroatoms. The van der Waals surface area contributed by atoms with Crippen molar-refractivity contribution in [1.82, 2.24) is 0 Å². The monoisotopic (exact) mass is 250 g/mol. The standard InChI is InChI=1S/C18H18O/c1-2-13-12-17(14-8-4-3-5-9-14)18(19)16-11-7-6-10-15(13)16/h3-12,17-19H,2H2,1H3/t17-,18-/m1/s1. The highest BCUT2D eigenvalue weighted by molar-refractivity contribution is 5.72. The summed E-state index contributed by atoms with van der Waals surface area (Å²) in [5.41, 5.74) is 4.76. The zero-order chi connectivity index (χ0) is 13.2. The highest BCUT2D eigenvalue weighted by atomic mass is 16.3. The van der Waals surface area contributed by atoms with Crippen molar-refractivity contribution in [3.05, 3.63) is 77.4 Å². The van der Waals surface area contributed by atoms with Gasteiger partial charge in [-0.05, 0) is 28.7 Å². The lowest BCUT2D eigenvalue weighted by Gasteiger charge is -2.29. The fraction of sp³-hybridized carbons (Fsp3) is 0.222. The number of fused-ring (bicyclic) bond motifs is 1. The molecule has 19 heavy (non-hydrogen) atoms. The first-order valence-electron chi connectivity index (χ1n) is 6.84. The van der Waals surface area contributed by atoms with Crippen LogP contribution in [-0.2, 0) is 0 Å². The van der Waals surface area contributed by atoms with E-state index in [1.165, 1.54) is 16.7 Å². The first-order chi connectivity index (χ1) is 9.31. The minimum atomic E-state index is -0.450. The minimum absolute atomic E-state index is 0.0612. The second kappa shape index (κ2) is 5.02. The van der Waals surface area contributed by atoms with Crippen LogP contribution in [0.4, 0.5) is 0 Å². The molecule has 1 aliphatic rings. The number of hydrogen-bond acceptors (Lipinski definition) is 1. The van der Waals surface area contributed by atoms with E-state index in [2.05, 4.69) is 31.2 Å². The van der Waals surface area contributed by atoms with Crippen LogP contribution in [0.3, 0.4) is 0 Å². The largest absolute Gasteiger partial charge is 0.387 e. The molecule has 2 aromatic rings. The molecule has 0 saturated carbocycles. The molecule has 0 bridgehead atoms. The fourth-order valence-electron chi connectivity index (χ4n) is 2.90. The first-order valence-corrected chi connectivity index (χ1v) is 6.84. The maximum atomic E-state index is 10.6. The van der Waals surface area contributed by atoms with Gasteiger partial charge in [-0.3, -0.25) is 0 Å². The van der Waals surface area contributed by atoms with E-state index in [0.717, 1.165) is 12.0 Å². The van der Waals surface area contributed by atoms with Crippen molar-refractivity contribution in [1.29, 1.82) is 0 Å². The highest BCUT2D eigenvalue weighted by Crippen LogP contribution is 2.42. The molecule has 0 aliphatic heterocycles. The molecular weight excluding hydrogens is 232 g/mol. The van der Waals surface area contributed by atoms with Crippen molar-refractivity contribution < 1.29 is 5.11 Å². The topological polar surface area (TPSA) is 20.2 Å². The number of allylic oxidation sites excluding steroid dienone is 1. The van der Waals surface area contributed by atoms with Crippen LogP contribution >= 0.6 is 0 Å². The second-order valence-corrected chi connectivity index (χ2v) is 5.01. The Kier molecular flexibility index (Phi) is 3.22. The molecule has 1 N–H and O–H groups in total. The lowest BCUT2D eigenvalue weighted by Crippen LogP contribution is -2.15. The van der Waals surface area contributed by atoms with Gasteiger partial charge in [0, 0.05) is 5.92 Å². The van der Waals surface area contributed by atoms with Crippen molar-refractivity contribution in [2.75, 3.05) is 0 Å². The van der Waals surface area contributed by atoms with Crippen LogP contribution in [-0.4, -0.2) is 5.11 Å². The van der Waals surface area contributed by atoms with E-state index >= 15 is 0 Å². The van der Waals surface area contributed by atoms with Crippen LogP contribution in [0.1, 0.15) is 42.1 Å². The van der Waals surface area contributed by atoms with Crippen molar-refractivity contribution in [2.45, 2.75) is 25.4 Å². The number of aliphatic hydroxyl groups is 1. The normalized spacial score (nSPS) is 21.7. The van der Waals surface area contributed by atoms with Crippen LogP contribution in [0.5, 0.6) is 0 Å². The van der Waals surface area contributed by atoms with Crippen LogP contribution in [0, 0.1) is 0 Å². The van der Waals surface area contributed by atoms with Gasteiger partial charge in [0.15, 0.2) is 0 Å². The van der Waals surface area contributed by atoms with Crippen LogP contribution in [0.25, 0.3) is 5.57 Å². The molecule has 0 heterocycles. The van der Waals surface area contributed by atoms with Crippen molar-refractivity contribution in [3.63, 3.8) is 0 Å². The Morgan fingerprint density at radius 2 is 1.63 bits per heavy atom. The number of benzene rings is 2. The van der Waals surface area contributed by atoms with Crippen LogP contribution < -0.4 is 0 Å².